The summed E-state index contributed by atoms with van der Waals surface area (Å²) in [5.74, 6) is -0.337. The lowest BCUT2D eigenvalue weighted by Gasteiger charge is -2.29. The van der Waals surface area contributed by atoms with Crippen molar-refractivity contribution in [2.24, 2.45) is 5.41 Å². The highest BCUT2D eigenvalue weighted by Gasteiger charge is 2.31. The van der Waals surface area contributed by atoms with Gasteiger partial charge in [-0.3, -0.25) is 4.98 Å². The Balaban J connectivity index is 1.74. The molecule has 0 fully saturated rings. The number of nitrogens with zero attached hydrogens (tertiary/aromatic N) is 5. The van der Waals surface area contributed by atoms with Crippen LogP contribution in [0.4, 0.5) is 18.0 Å². The molecule has 2 aromatic heterocycles. The van der Waals surface area contributed by atoms with Crippen LogP contribution < -0.4 is 4.74 Å². The Hall–Kier alpha value is -3.43. The molecule has 10 heteroatoms. The number of halogens is 3. The van der Waals surface area contributed by atoms with Crippen molar-refractivity contribution < 1.29 is 22.7 Å². The summed E-state index contributed by atoms with van der Waals surface area (Å²) in [6, 6.07) is 8.63. The molecule has 3 aromatic rings. The Bertz CT molecular complexity index is 1030. The minimum absolute atomic E-state index is 0.144. The highest BCUT2D eigenvalue weighted by molar-refractivity contribution is 5.75. The number of carbonyl (C=O) groups excluding carboxylic acids is 1. The van der Waals surface area contributed by atoms with E-state index < -0.39 is 6.36 Å². The third-order valence-corrected chi connectivity index (χ3v) is 4.38. The maximum Gasteiger partial charge on any atom is 0.573 e. The summed E-state index contributed by atoms with van der Waals surface area (Å²) in [7, 11) is 0. The summed E-state index contributed by atoms with van der Waals surface area (Å²) in [4.78, 5) is 19.9. The summed E-state index contributed by atoms with van der Waals surface area (Å²) in [5.41, 5.74) is 1.74. The van der Waals surface area contributed by atoms with E-state index in [1.165, 1.54) is 30.5 Å². The Morgan fingerprint density at radius 2 is 1.81 bits per heavy atom. The zero-order chi connectivity index (χ0) is 23.4. The van der Waals surface area contributed by atoms with Gasteiger partial charge in [-0.15, -0.1) is 18.3 Å². The van der Waals surface area contributed by atoms with Gasteiger partial charge in [0.2, 0.25) is 0 Å². The summed E-state index contributed by atoms with van der Waals surface area (Å²) in [5, 5.41) is 8.30. The van der Waals surface area contributed by atoms with Crippen LogP contribution in [0.15, 0.2) is 55.0 Å². The summed E-state index contributed by atoms with van der Waals surface area (Å²) in [6.07, 6.45) is 0.719. The molecule has 0 saturated carbocycles. The van der Waals surface area contributed by atoms with E-state index in [1.54, 1.807) is 17.3 Å². The van der Waals surface area contributed by atoms with E-state index in [-0.39, 0.29) is 17.2 Å². The second kappa shape index (κ2) is 9.37. The Kier molecular flexibility index (Phi) is 6.81. The first-order valence-corrected chi connectivity index (χ1v) is 9.97. The van der Waals surface area contributed by atoms with E-state index in [4.69, 9.17) is 0 Å². The van der Waals surface area contributed by atoms with Crippen LogP contribution in [0.2, 0.25) is 0 Å². The molecule has 0 unspecified atom stereocenters. The van der Waals surface area contributed by atoms with E-state index in [0.29, 0.717) is 30.8 Å². The zero-order valence-corrected chi connectivity index (χ0v) is 18.0. The molecule has 170 valence electrons. The van der Waals surface area contributed by atoms with Gasteiger partial charge in [-0.25, -0.2) is 4.79 Å². The third-order valence-electron chi connectivity index (χ3n) is 4.38. The molecule has 3 rings (SSSR count). The molecule has 0 aliphatic carbocycles. The third kappa shape index (κ3) is 6.79. The standard InChI is InChI=1S/C22H24F3N5O2/c1-21(2,3)15-29(12-10-16-5-4-11-26-13-16)20(31)30-27-14-19(28-30)17-6-8-18(9-7-17)32-22(23,24)25/h4-9,11,13-14H,10,12,15H2,1-3H3. The molecular weight excluding hydrogens is 423 g/mol. The molecule has 1 aromatic carbocycles. The molecule has 1 amide bonds. The van der Waals surface area contributed by atoms with Crippen molar-refractivity contribution in [1.82, 2.24) is 24.9 Å². The number of pyridine rings is 1. The van der Waals surface area contributed by atoms with Crippen LogP contribution in [-0.4, -0.2) is 50.4 Å². The van der Waals surface area contributed by atoms with Gasteiger partial charge in [0.05, 0.1) is 6.20 Å². The molecule has 0 N–H and O–H groups in total. The van der Waals surface area contributed by atoms with Crippen LogP contribution >= 0.6 is 0 Å². The average Bonchev–Trinajstić information content (AvgIpc) is 3.20. The fraction of sp³-hybridized carbons (Fsp3) is 0.364. The van der Waals surface area contributed by atoms with Crippen LogP contribution in [0.5, 0.6) is 5.75 Å². The van der Waals surface area contributed by atoms with E-state index in [1.807, 2.05) is 32.9 Å². The number of amides is 1. The molecule has 0 aliphatic rings. The summed E-state index contributed by atoms with van der Waals surface area (Å²) in [6.45, 7) is 7.05. The quantitative estimate of drug-likeness (QED) is 0.543. The molecular formula is C22H24F3N5O2. The Morgan fingerprint density at radius 3 is 2.41 bits per heavy atom. The van der Waals surface area contributed by atoms with Gasteiger partial charge >= 0.3 is 12.4 Å². The first-order valence-electron chi connectivity index (χ1n) is 9.97. The zero-order valence-electron chi connectivity index (χ0n) is 18.0. The van der Waals surface area contributed by atoms with E-state index in [2.05, 4.69) is 19.9 Å². The SMILES string of the molecule is CC(C)(C)CN(CCc1cccnc1)C(=O)n1ncc(-c2ccc(OC(F)(F)F)cc2)n1. The van der Waals surface area contributed by atoms with Crippen molar-refractivity contribution >= 4 is 6.03 Å². The monoisotopic (exact) mass is 447 g/mol. The molecule has 7 nitrogen and oxygen atoms in total. The second-order valence-corrected chi connectivity index (χ2v) is 8.47. The fourth-order valence-electron chi connectivity index (χ4n) is 3.07. The molecule has 0 bridgehead atoms. The van der Waals surface area contributed by atoms with Crippen LogP contribution in [-0.2, 0) is 6.42 Å². The molecule has 2 heterocycles. The lowest BCUT2D eigenvalue weighted by Crippen LogP contribution is -2.42. The van der Waals surface area contributed by atoms with Crippen LogP contribution in [0, 0.1) is 5.41 Å². The predicted molar refractivity (Wildman–Crippen MR) is 112 cm³/mol. The molecule has 0 aliphatic heterocycles. The Morgan fingerprint density at radius 1 is 1.09 bits per heavy atom. The van der Waals surface area contributed by atoms with Gasteiger partial charge in [-0.2, -0.15) is 5.10 Å². The number of ether oxygens (including phenoxy) is 1. The molecule has 0 spiro atoms. The van der Waals surface area contributed by atoms with Gasteiger partial charge in [0.1, 0.15) is 11.4 Å². The number of rotatable bonds is 6. The van der Waals surface area contributed by atoms with Gasteiger partial charge in [-0.1, -0.05) is 31.6 Å². The first-order chi connectivity index (χ1) is 15.0. The fourth-order valence-corrected chi connectivity index (χ4v) is 3.07. The van der Waals surface area contributed by atoms with Crippen molar-refractivity contribution in [3.63, 3.8) is 0 Å². The van der Waals surface area contributed by atoms with Crippen LogP contribution in [0.3, 0.4) is 0 Å². The number of carbonyl (C=O) groups is 1. The van der Waals surface area contributed by atoms with Gasteiger partial charge in [0.15, 0.2) is 0 Å². The maximum absolute atomic E-state index is 13.1. The minimum atomic E-state index is -4.76. The topological polar surface area (TPSA) is 73.1 Å². The highest BCUT2D eigenvalue weighted by atomic mass is 19.4. The lowest BCUT2D eigenvalue weighted by atomic mass is 9.96. The summed E-state index contributed by atoms with van der Waals surface area (Å²) < 4.78 is 40.9. The van der Waals surface area contributed by atoms with Gasteiger partial charge in [0.25, 0.3) is 0 Å². The van der Waals surface area contributed by atoms with Crippen molar-refractivity contribution in [2.45, 2.75) is 33.6 Å². The van der Waals surface area contributed by atoms with Gasteiger partial charge in [0, 0.05) is 31.0 Å². The normalized spacial score (nSPS) is 11.9. The maximum atomic E-state index is 13.1. The van der Waals surface area contributed by atoms with Crippen molar-refractivity contribution in [3.8, 4) is 17.0 Å². The first kappa shape index (κ1) is 23.2. The van der Waals surface area contributed by atoms with Crippen molar-refractivity contribution in [2.75, 3.05) is 13.1 Å². The number of hydrogen-bond acceptors (Lipinski definition) is 5. The number of benzene rings is 1. The van der Waals surface area contributed by atoms with Crippen LogP contribution in [0.1, 0.15) is 26.3 Å². The van der Waals surface area contributed by atoms with Gasteiger partial charge in [-0.05, 0) is 47.7 Å². The number of alkyl halides is 3. The van der Waals surface area contributed by atoms with Crippen LogP contribution in [0.25, 0.3) is 11.3 Å². The smallest absolute Gasteiger partial charge is 0.406 e. The summed E-state index contributed by atoms with van der Waals surface area (Å²) >= 11 is 0. The lowest BCUT2D eigenvalue weighted by molar-refractivity contribution is -0.274. The Labute approximate surface area is 183 Å². The predicted octanol–water partition coefficient (Wildman–Crippen LogP) is 4.80. The van der Waals surface area contributed by atoms with E-state index in [9.17, 15) is 18.0 Å². The van der Waals surface area contributed by atoms with Crippen molar-refractivity contribution in [1.29, 1.82) is 0 Å². The molecule has 0 atom stereocenters. The molecule has 0 saturated heterocycles. The molecule has 32 heavy (non-hydrogen) atoms. The second-order valence-electron chi connectivity index (χ2n) is 8.47. The number of aromatic nitrogens is 4. The van der Waals surface area contributed by atoms with E-state index in [0.717, 1.165) is 10.4 Å². The molecule has 0 radical (unpaired) electrons. The largest absolute Gasteiger partial charge is 0.573 e. The van der Waals surface area contributed by atoms with Crippen molar-refractivity contribution in [3.05, 3.63) is 60.6 Å². The minimum Gasteiger partial charge on any atom is -0.406 e. The number of hydrogen-bond donors (Lipinski definition) is 0. The van der Waals surface area contributed by atoms with Gasteiger partial charge < -0.3 is 9.64 Å². The van der Waals surface area contributed by atoms with E-state index >= 15 is 0 Å². The average molecular weight is 447 g/mol. The highest BCUT2D eigenvalue weighted by Crippen LogP contribution is 2.25.